The minimum atomic E-state index is -0.154. The van der Waals surface area contributed by atoms with Gasteiger partial charge in [-0.15, -0.1) is 0 Å². The van der Waals surface area contributed by atoms with Crippen LogP contribution in [0.15, 0.2) is 6.20 Å². The van der Waals surface area contributed by atoms with Gasteiger partial charge in [-0.1, -0.05) is 0 Å². The van der Waals surface area contributed by atoms with E-state index in [-0.39, 0.29) is 5.91 Å². The zero-order valence-electron chi connectivity index (χ0n) is 8.36. The van der Waals surface area contributed by atoms with Crippen molar-refractivity contribution in [1.29, 1.82) is 0 Å². The number of carbonyl (C=O) groups excluding carboxylic acids is 1. The zero-order chi connectivity index (χ0) is 10.4. The van der Waals surface area contributed by atoms with Crippen LogP contribution in [0.2, 0.25) is 0 Å². The topological polar surface area (TPSA) is 71.1 Å². The fraction of sp³-hybridized carbons (Fsp3) is 0.625. The molecule has 6 heteroatoms. The van der Waals surface area contributed by atoms with E-state index in [0.29, 0.717) is 25.5 Å². The number of nitrogens with zero attached hydrogens (tertiary/aromatic N) is 3. The Morgan fingerprint density at radius 1 is 1.71 bits per heavy atom. The van der Waals surface area contributed by atoms with Crippen molar-refractivity contribution in [2.45, 2.75) is 6.92 Å². The Labute approximate surface area is 82.2 Å². The SMILES string of the molecule is CCOCCN(C)C(=O)c1cn[nH]n1. The van der Waals surface area contributed by atoms with Gasteiger partial charge in [0.15, 0.2) is 5.69 Å². The second-order valence-electron chi connectivity index (χ2n) is 2.78. The van der Waals surface area contributed by atoms with E-state index in [1.54, 1.807) is 11.9 Å². The summed E-state index contributed by atoms with van der Waals surface area (Å²) in [6.07, 6.45) is 1.40. The summed E-state index contributed by atoms with van der Waals surface area (Å²) in [5.41, 5.74) is 0.323. The Morgan fingerprint density at radius 3 is 3.07 bits per heavy atom. The average Bonchev–Trinajstić information content (AvgIpc) is 2.69. The lowest BCUT2D eigenvalue weighted by Crippen LogP contribution is -2.30. The Morgan fingerprint density at radius 2 is 2.50 bits per heavy atom. The van der Waals surface area contributed by atoms with Gasteiger partial charge in [0, 0.05) is 20.2 Å². The maximum absolute atomic E-state index is 11.5. The normalized spacial score (nSPS) is 10.1. The first-order chi connectivity index (χ1) is 6.75. The molecule has 0 radical (unpaired) electrons. The van der Waals surface area contributed by atoms with Crippen molar-refractivity contribution < 1.29 is 9.53 Å². The monoisotopic (exact) mass is 198 g/mol. The molecular weight excluding hydrogens is 184 g/mol. The molecule has 0 aliphatic rings. The van der Waals surface area contributed by atoms with E-state index in [1.165, 1.54) is 6.20 Å². The molecule has 0 spiro atoms. The van der Waals surface area contributed by atoms with Crippen LogP contribution in [0.1, 0.15) is 17.4 Å². The summed E-state index contributed by atoms with van der Waals surface area (Å²) in [5, 5.41) is 9.66. The third-order valence-electron chi connectivity index (χ3n) is 1.76. The number of hydrogen-bond donors (Lipinski definition) is 1. The summed E-state index contributed by atoms with van der Waals surface area (Å²) in [7, 11) is 1.70. The average molecular weight is 198 g/mol. The standard InChI is InChI=1S/C8H14N4O2/c1-3-14-5-4-12(2)8(13)7-6-9-11-10-7/h6H,3-5H2,1-2H3,(H,9,10,11). The van der Waals surface area contributed by atoms with Crippen molar-refractivity contribution in [3.63, 3.8) is 0 Å². The van der Waals surface area contributed by atoms with Crippen LogP contribution in [0.5, 0.6) is 0 Å². The summed E-state index contributed by atoms with van der Waals surface area (Å²) in [5.74, 6) is -0.154. The van der Waals surface area contributed by atoms with Crippen molar-refractivity contribution in [3.8, 4) is 0 Å². The predicted octanol–water partition coefficient (Wildman–Crippen LogP) is -0.0868. The first kappa shape index (κ1) is 10.6. The molecule has 1 amide bonds. The number of likely N-dealkylation sites (N-methyl/N-ethyl adjacent to an activating group) is 1. The maximum Gasteiger partial charge on any atom is 0.275 e. The molecule has 0 aliphatic carbocycles. The molecule has 0 atom stereocenters. The minimum absolute atomic E-state index is 0.154. The zero-order valence-corrected chi connectivity index (χ0v) is 8.36. The van der Waals surface area contributed by atoms with Crippen LogP contribution in [-0.4, -0.2) is 53.0 Å². The number of hydrogen-bond acceptors (Lipinski definition) is 4. The summed E-state index contributed by atoms with van der Waals surface area (Å²) < 4.78 is 5.13. The van der Waals surface area contributed by atoms with Crippen molar-refractivity contribution in [2.75, 3.05) is 26.8 Å². The highest BCUT2D eigenvalue weighted by atomic mass is 16.5. The van der Waals surface area contributed by atoms with E-state index in [2.05, 4.69) is 15.4 Å². The molecule has 1 rings (SSSR count). The van der Waals surface area contributed by atoms with Gasteiger partial charge in [-0.25, -0.2) is 0 Å². The van der Waals surface area contributed by atoms with Gasteiger partial charge in [0.2, 0.25) is 0 Å². The summed E-state index contributed by atoms with van der Waals surface area (Å²) in [6, 6.07) is 0. The Balaban J connectivity index is 2.37. The van der Waals surface area contributed by atoms with Crippen LogP contribution in [-0.2, 0) is 4.74 Å². The van der Waals surface area contributed by atoms with Crippen LogP contribution in [0.4, 0.5) is 0 Å². The number of rotatable bonds is 5. The number of nitrogens with one attached hydrogen (secondary N) is 1. The van der Waals surface area contributed by atoms with Gasteiger partial charge < -0.3 is 9.64 Å². The van der Waals surface area contributed by atoms with Crippen molar-refractivity contribution in [3.05, 3.63) is 11.9 Å². The second kappa shape index (κ2) is 5.33. The molecule has 1 aromatic rings. The molecule has 0 aromatic carbocycles. The summed E-state index contributed by atoms with van der Waals surface area (Å²) in [6.45, 7) is 3.67. The molecule has 0 unspecified atom stereocenters. The Hall–Kier alpha value is -1.43. The molecular formula is C8H14N4O2. The van der Waals surface area contributed by atoms with Crippen molar-refractivity contribution >= 4 is 5.91 Å². The van der Waals surface area contributed by atoms with E-state index in [0.717, 1.165) is 0 Å². The lowest BCUT2D eigenvalue weighted by molar-refractivity contribution is 0.0704. The number of aromatic amines is 1. The molecule has 1 N–H and O–H groups in total. The van der Waals surface area contributed by atoms with Gasteiger partial charge in [0.25, 0.3) is 5.91 Å². The van der Waals surface area contributed by atoms with Gasteiger partial charge in [-0.05, 0) is 6.92 Å². The van der Waals surface area contributed by atoms with E-state index in [4.69, 9.17) is 4.74 Å². The number of H-pyrrole nitrogens is 1. The molecule has 0 aliphatic heterocycles. The molecule has 0 saturated carbocycles. The van der Waals surface area contributed by atoms with Crippen LogP contribution < -0.4 is 0 Å². The number of aromatic nitrogens is 3. The van der Waals surface area contributed by atoms with E-state index < -0.39 is 0 Å². The fourth-order valence-electron chi connectivity index (χ4n) is 0.948. The minimum Gasteiger partial charge on any atom is -0.380 e. The Kier molecular flexibility index (Phi) is 4.06. The molecule has 0 bridgehead atoms. The smallest absolute Gasteiger partial charge is 0.275 e. The molecule has 6 nitrogen and oxygen atoms in total. The first-order valence-corrected chi connectivity index (χ1v) is 4.44. The van der Waals surface area contributed by atoms with Crippen LogP contribution in [0.3, 0.4) is 0 Å². The lowest BCUT2D eigenvalue weighted by Gasteiger charge is -2.14. The highest BCUT2D eigenvalue weighted by Crippen LogP contribution is 1.96. The van der Waals surface area contributed by atoms with Crippen LogP contribution in [0, 0.1) is 0 Å². The number of carbonyl (C=O) groups is 1. The molecule has 14 heavy (non-hydrogen) atoms. The fourth-order valence-corrected chi connectivity index (χ4v) is 0.948. The third-order valence-corrected chi connectivity index (χ3v) is 1.76. The molecule has 1 aromatic heterocycles. The van der Waals surface area contributed by atoms with Crippen LogP contribution in [0.25, 0.3) is 0 Å². The van der Waals surface area contributed by atoms with Crippen LogP contribution >= 0.6 is 0 Å². The largest absolute Gasteiger partial charge is 0.380 e. The van der Waals surface area contributed by atoms with E-state index in [1.807, 2.05) is 6.92 Å². The van der Waals surface area contributed by atoms with Gasteiger partial charge in [-0.2, -0.15) is 15.4 Å². The number of ether oxygens (including phenoxy) is 1. The highest BCUT2D eigenvalue weighted by Gasteiger charge is 2.13. The molecule has 1 heterocycles. The molecule has 0 saturated heterocycles. The van der Waals surface area contributed by atoms with Gasteiger partial charge in [0.1, 0.15) is 0 Å². The maximum atomic E-state index is 11.5. The van der Waals surface area contributed by atoms with E-state index >= 15 is 0 Å². The molecule has 78 valence electrons. The van der Waals surface area contributed by atoms with Crippen molar-refractivity contribution in [1.82, 2.24) is 20.3 Å². The summed E-state index contributed by atoms with van der Waals surface area (Å²) >= 11 is 0. The lowest BCUT2D eigenvalue weighted by atomic mass is 10.4. The summed E-state index contributed by atoms with van der Waals surface area (Å²) in [4.78, 5) is 13.1. The Bertz CT molecular complexity index is 273. The second-order valence-corrected chi connectivity index (χ2v) is 2.78. The molecule has 0 fully saturated rings. The highest BCUT2D eigenvalue weighted by molar-refractivity contribution is 5.91. The van der Waals surface area contributed by atoms with E-state index in [9.17, 15) is 4.79 Å². The van der Waals surface area contributed by atoms with Crippen molar-refractivity contribution in [2.24, 2.45) is 0 Å². The van der Waals surface area contributed by atoms with Gasteiger partial charge in [0.05, 0.1) is 12.8 Å². The van der Waals surface area contributed by atoms with Gasteiger partial charge >= 0.3 is 0 Å². The van der Waals surface area contributed by atoms with Gasteiger partial charge in [-0.3, -0.25) is 4.79 Å². The first-order valence-electron chi connectivity index (χ1n) is 4.44. The predicted molar refractivity (Wildman–Crippen MR) is 49.8 cm³/mol. The quantitative estimate of drug-likeness (QED) is 0.671. The number of amides is 1. The third kappa shape index (κ3) is 2.81.